The number of carbonyl (C=O) groups is 2. The second-order valence-electron chi connectivity index (χ2n) is 6.89. The van der Waals surface area contributed by atoms with Gasteiger partial charge in [-0.05, 0) is 31.7 Å². The lowest BCUT2D eigenvalue weighted by molar-refractivity contribution is 0.0734. The summed E-state index contributed by atoms with van der Waals surface area (Å²) in [4.78, 5) is 32.1. The zero-order valence-electron chi connectivity index (χ0n) is 16.6. The number of amides is 2. The molecule has 0 fully saturated rings. The number of hydrogen-bond acceptors (Lipinski definition) is 4. The van der Waals surface area contributed by atoms with E-state index in [1.54, 1.807) is 12.0 Å². The monoisotopic (exact) mass is 384 g/mol. The van der Waals surface area contributed by atoms with Gasteiger partial charge in [0.1, 0.15) is 5.69 Å². The normalized spacial score (nSPS) is 13.1. The first-order valence-electron chi connectivity index (χ1n) is 9.85. The van der Waals surface area contributed by atoms with Crippen LogP contribution in [0, 0.1) is 0 Å². The molecule has 150 valence electrons. The Balaban J connectivity index is 1.85. The van der Waals surface area contributed by atoms with E-state index >= 15 is 0 Å². The molecule has 7 heteroatoms. The van der Waals surface area contributed by atoms with Gasteiger partial charge >= 0.3 is 0 Å². The SMILES string of the molecule is CCN(Cc1ccccc1)C(=O)c1nc(C(=O)NCCOC)c2n1CCCC2. The molecule has 0 spiro atoms. The minimum atomic E-state index is -0.243. The molecule has 2 amide bonds. The molecular formula is C21H28N4O3. The molecule has 7 nitrogen and oxygen atoms in total. The summed E-state index contributed by atoms with van der Waals surface area (Å²) in [6.07, 6.45) is 2.75. The third-order valence-electron chi connectivity index (χ3n) is 5.00. The Morgan fingerprint density at radius 3 is 2.75 bits per heavy atom. The van der Waals surface area contributed by atoms with Crippen molar-refractivity contribution >= 4 is 11.8 Å². The average Bonchev–Trinajstić information content (AvgIpc) is 3.12. The molecule has 1 aliphatic heterocycles. The molecule has 0 saturated carbocycles. The van der Waals surface area contributed by atoms with Gasteiger partial charge in [0.2, 0.25) is 0 Å². The predicted octanol–water partition coefficient (Wildman–Crippen LogP) is 2.26. The Hall–Kier alpha value is -2.67. The molecule has 0 atom stereocenters. The Bertz CT molecular complexity index is 817. The topological polar surface area (TPSA) is 76.5 Å². The molecule has 1 N–H and O–H groups in total. The van der Waals surface area contributed by atoms with Gasteiger partial charge in [0, 0.05) is 33.3 Å². The first-order chi connectivity index (χ1) is 13.7. The highest BCUT2D eigenvalue weighted by Crippen LogP contribution is 2.22. The molecule has 2 heterocycles. The molecule has 1 aromatic heterocycles. The summed E-state index contributed by atoms with van der Waals surface area (Å²) in [5.41, 5.74) is 2.30. The van der Waals surface area contributed by atoms with E-state index in [4.69, 9.17) is 4.74 Å². The first kappa shape index (κ1) is 20.1. The van der Waals surface area contributed by atoms with Crippen molar-refractivity contribution in [3.63, 3.8) is 0 Å². The van der Waals surface area contributed by atoms with Gasteiger partial charge in [-0.15, -0.1) is 0 Å². The quantitative estimate of drug-likeness (QED) is 0.709. The molecule has 0 aliphatic carbocycles. The van der Waals surface area contributed by atoms with Crippen LogP contribution in [-0.4, -0.2) is 53.1 Å². The van der Waals surface area contributed by atoms with Gasteiger partial charge in [0.25, 0.3) is 11.8 Å². The van der Waals surface area contributed by atoms with E-state index in [1.807, 2.05) is 41.8 Å². The standard InChI is InChI=1S/C21H28N4O3/c1-3-24(15-16-9-5-4-6-10-16)21(27)19-23-18(20(26)22-12-14-28-2)17-11-7-8-13-25(17)19/h4-6,9-10H,3,7-8,11-15H2,1-2H3,(H,22,26). The summed E-state index contributed by atoms with van der Waals surface area (Å²) >= 11 is 0. The summed E-state index contributed by atoms with van der Waals surface area (Å²) in [5.74, 6) is -0.0114. The number of carbonyl (C=O) groups excluding carboxylic acids is 2. The Morgan fingerprint density at radius 2 is 2.04 bits per heavy atom. The third-order valence-corrected chi connectivity index (χ3v) is 5.00. The number of methoxy groups -OCH3 is 1. The number of benzene rings is 1. The lowest BCUT2D eigenvalue weighted by Gasteiger charge is -2.22. The van der Waals surface area contributed by atoms with Crippen molar-refractivity contribution < 1.29 is 14.3 Å². The van der Waals surface area contributed by atoms with Gasteiger partial charge in [0.15, 0.2) is 5.82 Å². The maximum absolute atomic E-state index is 13.2. The van der Waals surface area contributed by atoms with E-state index in [9.17, 15) is 9.59 Å². The molecule has 0 unspecified atom stereocenters. The second kappa shape index (κ2) is 9.50. The van der Waals surface area contributed by atoms with E-state index in [-0.39, 0.29) is 11.8 Å². The van der Waals surface area contributed by atoms with Crippen molar-refractivity contribution in [3.05, 3.63) is 53.1 Å². The molecule has 28 heavy (non-hydrogen) atoms. The van der Waals surface area contributed by atoms with Crippen molar-refractivity contribution in [3.8, 4) is 0 Å². The summed E-state index contributed by atoms with van der Waals surface area (Å²) in [6.45, 7) is 4.63. The number of hydrogen-bond donors (Lipinski definition) is 1. The van der Waals surface area contributed by atoms with Crippen LogP contribution >= 0.6 is 0 Å². The number of rotatable bonds is 8. The highest BCUT2D eigenvalue weighted by molar-refractivity contribution is 5.97. The lowest BCUT2D eigenvalue weighted by atomic mass is 10.1. The van der Waals surface area contributed by atoms with Crippen LogP contribution in [0.25, 0.3) is 0 Å². The largest absolute Gasteiger partial charge is 0.383 e. The molecule has 3 rings (SSSR count). The number of nitrogens with zero attached hydrogens (tertiary/aromatic N) is 3. The molecule has 0 saturated heterocycles. The maximum atomic E-state index is 13.2. The van der Waals surface area contributed by atoms with Crippen LogP contribution in [0.4, 0.5) is 0 Å². The second-order valence-corrected chi connectivity index (χ2v) is 6.89. The van der Waals surface area contributed by atoms with Gasteiger partial charge in [-0.3, -0.25) is 9.59 Å². The van der Waals surface area contributed by atoms with Crippen LogP contribution in [0.5, 0.6) is 0 Å². The smallest absolute Gasteiger partial charge is 0.290 e. The van der Waals surface area contributed by atoms with Crippen LogP contribution in [0.2, 0.25) is 0 Å². The molecule has 0 radical (unpaired) electrons. The van der Waals surface area contributed by atoms with Crippen molar-refractivity contribution in [1.82, 2.24) is 19.8 Å². The van der Waals surface area contributed by atoms with Gasteiger partial charge < -0.3 is 19.5 Å². The van der Waals surface area contributed by atoms with Crippen molar-refractivity contribution in [2.75, 3.05) is 26.8 Å². The van der Waals surface area contributed by atoms with E-state index < -0.39 is 0 Å². The predicted molar refractivity (Wildman–Crippen MR) is 106 cm³/mol. The van der Waals surface area contributed by atoms with E-state index in [0.29, 0.717) is 37.8 Å². The highest BCUT2D eigenvalue weighted by atomic mass is 16.5. The maximum Gasteiger partial charge on any atom is 0.290 e. The van der Waals surface area contributed by atoms with Gasteiger partial charge in [-0.2, -0.15) is 0 Å². The number of aromatic nitrogens is 2. The fourth-order valence-electron chi connectivity index (χ4n) is 3.51. The molecule has 1 aromatic carbocycles. The molecule has 1 aliphatic rings. The van der Waals surface area contributed by atoms with Crippen LogP contribution in [-0.2, 0) is 24.2 Å². The van der Waals surface area contributed by atoms with Crippen LogP contribution in [0.3, 0.4) is 0 Å². The molecular weight excluding hydrogens is 356 g/mol. The fraction of sp³-hybridized carbons (Fsp3) is 0.476. The minimum Gasteiger partial charge on any atom is -0.383 e. The van der Waals surface area contributed by atoms with Gasteiger partial charge in [0.05, 0.1) is 12.3 Å². The van der Waals surface area contributed by atoms with Crippen molar-refractivity contribution in [2.45, 2.75) is 39.3 Å². The zero-order valence-corrected chi connectivity index (χ0v) is 16.6. The van der Waals surface area contributed by atoms with Crippen molar-refractivity contribution in [2.24, 2.45) is 0 Å². The Kier molecular flexibility index (Phi) is 6.81. The van der Waals surface area contributed by atoms with E-state index in [0.717, 1.165) is 37.1 Å². The Labute approximate surface area is 165 Å². The van der Waals surface area contributed by atoms with Crippen molar-refractivity contribution in [1.29, 1.82) is 0 Å². The van der Waals surface area contributed by atoms with Crippen LogP contribution < -0.4 is 5.32 Å². The zero-order chi connectivity index (χ0) is 19.9. The number of fused-ring (bicyclic) bond motifs is 1. The number of nitrogens with one attached hydrogen (secondary N) is 1. The van der Waals surface area contributed by atoms with E-state index in [2.05, 4.69) is 10.3 Å². The average molecular weight is 384 g/mol. The van der Waals surface area contributed by atoms with E-state index in [1.165, 1.54) is 0 Å². The highest BCUT2D eigenvalue weighted by Gasteiger charge is 2.29. The third kappa shape index (κ3) is 4.42. The molecule has 2 aromatic rings. The Morgan fingerprint density at radius 1 is 1.25 bits per heavy atom. The van der Waals surface area contributed by atoms with Crippen LogP contribution in [0.15, 0.2) is 30.3 Å². The van der Waals surface area contributed by atoms with Crippen LogP contribution in [0.1, 0.15) is 52.1 Å². The first-order valence-corrected chi connectivity index (χ1v) is 9.85. The summed E-state index contributed by atoms with van der Waals surface area (Å²) < 4.78 is 6.92. The number of imidazole rings is 1. The number of ether oxygens (including phenoxy) is 1. The summed E-state index contributed by atoms with van der Waals surface area (Å²) in [6, 6.07) is 9.90. The summed E-state index contributed by atoms with van der Waals surface area (Å²) in [5, 5.41) is 2.82. The van der Waals surface area contributed by atoms with Gasteiger partial charge in [-0.1, -0.05) is 30.3 Å². The van der Waals surface area contributed by atoms with Gasteiger partial charge in [-0.25, -0.2) is 4.98 Å². The summed E-state index contributed by atoms with van der Waals surface area (Å²) in [7, 11) is 1.59. The fourth-order valence-corrected chi connectivity index (χ4v) is 3.51. The molecule has 0 bridgehead atoms. The lowest BCUT2D eigenvalue weighted by Crippen LogP contribution is -2.33. The minimum absolute atomic E-state index is 0.134.